The van der Waals surface area contributed by atoms with Gasteiger partial charge in [-0.3, -0.25) is 14.6 Å². The average Bonchev–Trinajstić information content (AvgIpc) is 3.17. The monoisotopic (exact) mass is 416 g/mol. The molecule has 28 heavy (non-hydrogen) atoms. The van der Waals surface area contributed by atoms with E-state index in [1.165, 1.54) is 41.6 Å². The zero-order valence-corrected chi connectivity index (χ0v) is 16.5. The Morgan fingerprint density at radius 2 is 1.96 bits per heavy atom. The second kappa shape index (κ2) is 9.34. The Labute approximate surface area is 169 Å². The van der Waals surface area contributed by atoms with Crippen molar-refractivity contribution in [2.24, 2.45) is 0 Å². The van der Waals surface area contributed by atoms with Crippen LogP contribution >= 0.6 is 23.3 Å². The highest BCUT2D eigenvalue weighted by molar-refractivity contribution is 7.99. The molecule has 0 unspecified atom stereocenters. The molecular weight excluding hydrogens is 399 g/mol. The first kappa shape index (κ1) is 19.8. The molecule has 1 aromatic carbocycles. The number of nitrogens with one attached hydrogen (secondary N) is 3. The van der Waals surface area contributed by atoms with E-state index in [2.05, 4.69) is 20.3 Å². The van der Waals surface area contributed by atoms with E-state index >= 15 is 0 Å². The minimum absolute atomic E-state index is 0.149. The molecule has 0 aliphatic rings. The largest absolute Gasteiger partial charge is 0.348 e. The standard InChI is InChI=1S/C19H17FN4O2S2/c1-27-24-16-4-2-3-15(7-16)23-19(26)17-6-13(11-28-17)18(25)22-9-12-5-14(20)10-21-8-12/h2-8,10-11,24H,9H2,1H3,(H,22,25)(H,23,26). The molecule has 0 spiro atoms. The van der Waals surface area contributed by atoms with Gasteiger partial charge in [0, 0.05) is 35.8 Å². The molecule has 9 heteroatoms. The number of anilines is 2. The van der Waals surface area contributed by atoms with E-state index in [9.17, 15) is 14.0 Å². The van der Waals surface area contributed by atoms with Crippen molar-refractivity contribution in [3.63, 3.8) is 0 Å². The fourth-order valence-electron chi connectivity index (χ4n) is 2.38. The minimum atomic E-state index is -0.460. The quantitative estimate of drug-likeness (QED) is 0.504. The number of amides is 2. The molecule has 0 saturated heterocycles. The first-order valence-electron chi connectivity index (χ1n) is 8.22. The Balaban J connectivity index is 1.60. The number of carbonyl (C=O) groups excluding carboxylic acids is 2. The molecule has 0 bridgehead atoms. The van der Waals surface area contributed by atoms with Gasteiger partial charge in [0.15, 0.2) is 0 Å². The molecule has 2 amide bonds. The van der Waals surface area contributed by atoms with E-state index in [1.54, 1.807) is 11.4 Å². The summed E-state index contributed by atoms with van der Waals surface area (Å²) in [6.45, 7) is 0.149. The average molecular weight is 417 g/mol. The van der Waals surface area contributed by atoms with Gasteiger partial charge in [0.2, 0.25) is 0 Å². The number of pyridine rings is 1. The van der Waals surface area contributed by atoms with Gasteiger partial charge in [0.25, 0.3) is 11.8 Å². The van der Waals surface area contributed by atoms with Crippen LogP contribution in [0.4, 0.5) is 15.8 Å². The molecule has 2 aromatic heterocycles. The van der Waals surface area contributed by atoms with Crippen molar-refractivity contribution in [2.75, 3.05) is 16.3 Å². The van der Waals surface area contributed by atoms with Crippen LogP contribution in [-0.2, 0) is 6.54 Å². The van der Waals surface area contributed by atoms with E-state index in [4.69, 9.17) is 0 Å². The van der Waals surface area contributed by atoms with Crippen LogP contribution in [0, 0.1) is 5.82 Å². The lowest BCUT2D eigenvalue weighted by atomic mass is 10.2. The lowest BCUT2D eigenvalue weighted by Crippen LogP contribution is -2.22. The summed E-state index contributed by atoms with van der Waals surface area (Å²) in [4.78, 5) is 28.8. The molecule has 6 nitrogen and oxygen atoms in total. The number of thiophene rings is 1. The molecule has 3 rings (SSSR count). The molecule has 0 atom stereocenters. The molecule has 0 aliphatic heterocycles. The van der Waals surface area contributed by atoms with Gasteiger partial charge in [-0.15, -0.1) is 11.3 Å². The number of rotatable bonds is 7. The SMILES string of the molecule is CSNc1cccc(NC(=O)c2cc(C(=O)NCc3cncc(F)c3)cs2)c1. The van der Waals surface area contributed by atoms with E-state index in [-0.39, 0.29) is 18.4 Å². The molecule has 0 aliphatic carbocycles. The van der Waals surface area contributed by atoms with Crippen LogP contribution in [-0.4, -0.2) is 23.1 Å². The summed E-state index contributed by atoms with van der Waals surface area (Å²) in [5.74, 6) is -1.09. The van der Waals surface area contributed by atoms with E-state index < -0.39 is 5.82 Å². The van der Waals surface area contributed by atoms with Crippen molar-refractivity contribution >= 4 is 46.5 Å². The van der Waals surface area contributed by atoms with Gasteiger partial charge in [-0.25, -0.2) is 4.39 Å². The van der Waals surface area contributed by atoms with Gasteiger partial charge in [-0.1, -0.05) is 18.0 Å². The van der Waals surface area contributed by atoms with Crippen LogP contribution in [0.3, 0.4) is 0 Å². The van der Waals surface area contributed by atoms with Crippen molar-refractivity contribution in [3.8, 4) is 0 Å². The second-order valence-corrected chi connectivity index (χ2v) is 7.26. The van der Waals surface area contributed by atoms with Crippen LogP contribution in [0.2, 0.25) is 0 Å². The Morgan fingerprint density at radius 1 is 1.14 bits per heavy atom. The normalized spacial score (nSPS) is 10.4. The zero-order chi connectivity index (χ0) is 19.9. The number of hydrogen-bond donors (Lipinski definition) is 3. The highest BCUT2D eigenvalue weighted by Gasteiger charge is 2.14. The fourth-order valence-corrected chi connectivity index (χ4v) is 3.53. The maximum absolute atomic E-state index is 13.1. The van der Waals surface area contributed by atoms with Gasteiger partial charge in [0.1, 0.15) is 5.82 Å². The van der Waals surface area contributed by atoms with E-state index in [0.717, 1.165) is 11.9 Å². The van der Waals surface area contributed by atoms with Gasteiger partial charge in [-0.05, 0) is 35.9 Å². The highest BCUT2D eigenvalue weighted by Crippen LogP contribution is 2.20. The molecule has 3 N–H and O–H groups in total. The molecule has 0 saturated carbocycles. The molecule has 0 radical (unpaired) electrons. The molecule has 3 aromatic rings. The maximum Gasteiger partial charge on any atom is 0.265 e. The predicted molar refractivity (Wildman–Crippen MR) is 111 cm³/mol. The third kappa shape index (κ3) is 5.30. The van der Waals surface area contributed by atoms with E-state index in [0.29, 0.717) is 21.7 Å². The maximum atomic E-state index is 13.1. The second-order valence-electron chi connectivity index (χ2n) is 5.73. The number of aromatic nitrogens is 1. The summed E-state index contributed by atoms with van der Waals surface area (Å²) >= 11 is 2.64. The first-order chi connectivity index (χ1) is 13.5. The van der Waals surface area contributed by atoms with Crippen LogP contribution in [0.5, 0.6) is 0 Å². The van der Waals surface area contributed by atoms with Crippen LogP contribution in [0.25, 0.3) is 0 Å². The van der Waals surface area contributed by atoms with Gasteiger partial charge >= 0.3 is 0 Å². The summed E-state index contributed by atoms with van der Waals surface area (Å²) in [6, 6.07) is 10.2. The van der Waals surface area contributed by atoms with Crippen molar-refractivity contribution in [2.45, 2.75) is 6.54 Å². The van der Waals surface area contributed by atoms with Crippen LogP contribution in [0.1, 0.15) is 25.6 Å². The lowest BCUT2D eigenvalue weighted by Gasteiger charge is -2.07. The smallest absolute Gasteiger partial charge is 0.265 e. The Bertz CT molecular complexity index is 993. The van der Waals surface area contributed by atoms with E-state index in [1.807, 2.05) is 24.5 Å². The van der Waals surface area contributed by atoms with Gasteiger partial charge < -0.3 is 15.4 Å². The number of hydrogen-bond acceptors (Lipinski definition) is 6. The molecule has 2 heterocycles. The topological polar surface area (TPSA) is 83.1 Å². The summed E-state index contributed by atoms with van der Waals surface area (Å²) in [7, 11) is 0. The molecule has 144 valence electrons. The molecular formula is C19H17FN4O2S2. The highest BCUT2D eigenvalue weighted by atomic mass is 32.2. The predicted octanol–water partition coefficient (Wildman–Crippen LogP) is 4.15. The minimum Gasteiger partial charge on any atom is -0.348 e. The van der Waals surface area contributed by atoms with Crippen molar-refractivity contribution in [3.05, 3.63) is 76.0 Å². The van der Waals surface area contributed by atoms with Crippen molar-refractivity contribution < 1.29 is 14.0 Å². The summed E-state index contributed by atoms with van der Waals surface area (Å²) < 4.78 is 16.2. The number of carbonyl (C=O) groups is 2. The lowest BCUT2D eigenvalue weighted by molar-refractivity contribution is 0.0951. The fraction of sp³-hybridized carbons (Fsp3) is 0.105. The Morgan fingerprint density at radius 3 is 2.75 bits per heavy atom. The van der Waals surface area contributed by atoms with Crippen molar-refractivity contribution in [1.29, 1.82) is 0 Å². The summed E-state index contributed by atoms with van der Waals surface area (Å²) in [6.07, 6.45) is 4.49. The van der Waals surface area contributed by atoms with Crippen molar-refractivity contribution in [1.82, 2.24) is 10.3 Å². The summed E-state index contributed by atoms with van der Waals surface area (Å²) in [5.41, 5.74) is 2.46. The third-order valence-electron chi connectivity index (χ3n) is 3.64. The Kier molecular flexibility index (Phi) is 6.62. The van der Waals surface area contributed by atoms with Crippen LogP contribution in [0.15, 0.2) is 54.2 Å². The molecule has 0 fully saturated rings. The van der Waals surface area contributed by atoms with Crippen LogP contribution < -0.4 is 15.4 Å². The zero-order valence-electron chi connectivity index (χ0n) is 14.9. The Hall–Kier alpha value is -2.91. The third-order valence-corrected chi connectivity index (χ3v) is 5.01. The number of nitrogens with zero attached hydrogens (tertiary/aromatic N) is 1. The number of halogens is 1. The summed E-state index contributed by atoms with van der Waals surface area (Å²) in [5, 5.41) is 7.11. The van der Waals surface area contributed by atoms with Gasteiger partial charge in [0.05, 0.1) is 16.6 Å². The first-order valence-corrected chi connectivity index (χ1v) is 10.3. The number of benzene rings is 1. The van der Waals surface area contributed by atoms with Gasteiger partial charge in [-0.2, -0.15) is 0 Å².